The summed E-state index contributed by atoms with van der Waals surface area (Å²) in [7, 11) is 0. The van der Waals surface area contributed by atoms with Crippen molar-refractivity contribution in [2.45, 2.75) is 18.9 Å². The number of amidine groups is 1. The molecule has 1 unspecified atom stereocenters. The minimum Gasteiger partial charge on any atom is -0.463 e. The van der Waals surface area contributed by atoms with E-state index < -0.39 is 0 Å². The molecule has 0 saturated carbocycles. The molecule has 80 valence electrons. The standard InChI is InChI=1S/C11H13ClN2O/c12-9-4-1-8(2-5-9)3-6-10-7-15-11(13)14-10/h1-2,4-5,10H,3,6-7H2,(H2,13,14). The van der Waals surface area contributed by atoms with Crippen molar-refractivity contribution in [2.75, 3.05) is 6.61 Å². The zero-order valence-corrected chi connectivity index (χ0v) is 9.07. The van der Waals surface area contributed by atoms with Gasteiger partial charge in [0.1, 0.15) is 6.61 Å². The number of hydrogen-bond donors (Lipinski definition) is 1. The van der Waals surface area contributed by atoms with Crippen molar-refractivity contribution < 1.29 is 4.74 Å². The number of halogens is 1. The van der Waals surface area contributed by atoms with Gasteiger partial charge in [0.05, 0.1) is 6.04 Å². The lowest BCUT2D eigenvalue weighted by Crippen LogP contribution is -2.10. The minimum atomic E-state index is 0.209. The summed E-state index contributed by atoms with van der Waals surface area (Å²) in [6.45, 7) is 0.611. The molecular weight excluding hydrogens is 212 g/mol. The first-order valence-corrected chi connectivity index (χ1v) is 5.32. The average molecular weight is 225 g/mol. The highest BCUT2D eigenvalue weighted by atomic mass is 35.5. The van der Waals surface area contributed by atoms with Gasteiger partial charge in [0.2, 0.25) is 0 Å². The second-order valence-corrected chi connectivity index (χ2v) is 4.03. The first-order valence-electron chi connectivity index (χ1n) is 4.94. The van der Waals surface area contributed by atoms with E-state index in [1.165, 1.54) is 5.56 Å². The van der Waals surface area contributed by atoms with E-state index in [1.807, 2.05) is 24.3 Å². The van der Waals surface area contributed by atoms with Gasteiger partial charge >= 0.3 is 0 Å². The fourth-order valence-electron chi connectivity index (χ4n) is 1.57. The van der Waals surface area contributed by atoms with Gasteiger partial charge in [0, 0.05) is 5.02 Å². The van der Waals surface area contributed by atoms with Crippen LogP contribution in [-0.4, -0.2) is 18.7 Å². The minimum absolute atomic E-state index is 0.209. The van der Waals surface area contributed by atoms with E-state index in [9.17, 15) is 0 Å². The Morgan fingerprint density at radius 1 is 1.40 bits per heavy atom. The van der Waals surface area contributed by atoms with Crippen LogP contribution in [0.3, 0.4) is 0 Å². The van der Waals surface area contributed by atoms with E-state index in [-0.39, 0.29) is 6.04 Å². The van der Waals surface area contributed by atoms with Crippen LogP contribution < -0.4 is 5.73 Å². The average Bonchev–Trinajstić information content (AvgIpc) is 2.64. The van der Waals surface area contributed by atoms with Crippen molar-refractivity contribution in [3.05, 3.63) is 34.9 Å². The van der Waals surface area contributed by atoms with Crippen LogP contribution in [0.2, 0.25) is 5.02 Å². The summed E-state index contributed by atoms with van der Waals surface area (Å²) in [5.41, 5.74) is 6.69. The van der Waals surface area contributed by atoms with Crippen molar-refractivity contribution in [1.82, 2.24) is 0 Å². The molecule has 4 heteroatoms. The van der Waals surface area contributed by atoms with E-state index in [4.69, 9.17) is 22.1 Å². The van der Waals surface area contributed by atoms with Crippen LogP contribution in [0.5, 0.6) is 0 Å². The number of nitrogens with zero attached hydrogens (tertiary/aromatic N) is 1. The highest BCUT2D eigenvalue weighted by Crippen LogP contribution is 2.14. The molecule has 0 aromatic heterocycles. The molecule has 15 heavy (non-hydrogen) atoms. The molecule has 1 aliphatic heterocycles. The molecule has 0 saturated heterocycles. The van der Waals surface area contributed by atoms with Gasteiger partial charge in [-0.05, 0) is 30.5 Å². The van der Waals surface area contributed by atoms with Crippen LogP contribution in [0.4, 0.5) is 0 Å². The second-order valence-electron chi connectivity index (χ2n) is 3.60. The first-order chi connectivity index (χ1) is 7.24. The summed E-state index contributed by atoms with van der Waals surface area (Å²) >= 11 is 5.80. The van der Waals surface area contributed by atoms with Gasteiger partial charge in [-0.2, -0.15) is 0 Å². The summed E-state index contributed by atoms with van der Waals surface area (Å²) in [5.74, 6) is 0. The zero-order valence-electron chi connectivity index (χ0n) is 8.32. The maximum absolute atomic E-state index is 5.80. The summed E-state index contributed by atoms with van der Waals surface area (Å²) in [5, 5.41) is 0.769. The van der Waals surface area contributed by atoms with Crippen LogP contribution in [0, 0.1) is 0 Å². The van der Waals surface area contributed by atoms with Crippen molar-refractivity contribution >= 4 is 17.6 Å². The van der Waals surface area contributed by atoms with Gasteiger partial charge in [-0.3, -0.25) is 0 Å². The van der Waals surface area contributed by atoms with Crippen LogP contribution >= 0.6 is 11.6 Å². The normalized spacial score (nSPS) is 19.8. The quantitative estimate of drug-likeness (QED) is 0.854. The maximum Gasteiger partial charge on any atom is 0.282 e. The number of hydrogen-bond acceptors (Lipinski definition) is 3. The van der Waals surface area contributed by atoms with Crippen molar-refractivity contribution in [3.63, 3.8) is 0 Å². The smallest absolute Gasteiger partial charge is 0.282 e. The molecule has 0 amide bonds. The summed E-state index contributed by atoms with van der Waals surface area (Å²) in [6.07, 6.45) is 1.93. The molecule has 0 aliphatic carbocycles. The third kappa shape index (κ3) is 2.86. The van der Waals surface area contributed by atoms with Gasteiger partial charge in [-0.1, -0.05) is 23.7 Å². The number of aryl methyl sites for hydroxylation is 1. The Morgan fingerprint density at radius 2 is 2.13 bits per heavy atom. The van der Waals surface area contributed by atoms with Crippen molar-refractivity contribution in [2.24, 2.45) is 10.7 Å². The van der Waals surface area contributed by atoms with Crippen LogP contribution in [0.25, 0.3) is 0 Å². The van der Waals surface area contributed by atoms with Crippen LogP contribution in [0.15, 0.2) is 29.3 Å². The molecule has 0 fully saturated rings. The van der Waals surface area contributed by atoms with E-state index in [0.717, 1.165) is 17.9 Å². The molecule has 1 atom stereocenters. The Kier molecular flexibility index (Phi) is 3.11. The predicted molar refractivity (Wildman–Crippen MR) is 61.1 cm³/mol. The second kappa shape index (κ2) is 4.53. The molecule has 0 spiro atoms. The lowest BCUT2D eigenvalue weighted by Gasteiger charge is -2.04. The van der Waals surface area contributed by atoms with E-state index in [0.29, 0.717) is 12.6 Å². The SMILES string of the molecule is NC1=NC(CCc2ccc(Cl)cc2)CO1. The fraction of sp³-hybridized carbons (Fsp3) is 0.364. The molecule has 1 heterocycles. The van der Waals surface area contributed by atoms with Gasteiger partial charge in [-0.25, -0.2) is 4.99 Å². The molecular formula is C11H13ClN2O. The monoisotopic (exact) mass is 224 g/mol. The number of rotatable bonds is 3. The Hall–Kier alpha value is -1.22. The van der Waals surface area contributed by atoms with Crippen LogP contribution in [0.1, 0.15) is 12.0 Å². The van der Waals surface area contributed by atoms with E-state index >= 15 is 0 Å². The predicted octanol–water partition coefficient (Wildman–Crippen LogP) is 1.99. The third-order valence-corrected chi connectivity index (χ3v) is 2.66. The molecule has 1 aromatic carbocycles. The van der Waals surface area contributed by atoms with Crippen molar-refractivity contribution in [1.29, 1.82) is 0 Å². The number of benzene rings is 1. The van der Waals surface area contributed by atoms with Gasteiger partial charge < -0.3 is 10.5 Å². The Balaban J connectivity index is 1.86. The van der Waals surface area contributed by atoms with Crippen molar-refractivity contribution in [3.8, 4) is 0 Å². The van der Waals surface area contributed by atoms with Crippen LogP contribution in [-0.2, 0) is 11.2 Å². The lowest BCUT2D eigenvalue weighted by molar-refractivity contribution is 0.308. The molecule has 0 radical (unpaired) electrons. The van der Waals surface area contributed by atoms with E-state index in [1.54, 1.807) is 0 Å². The third-order valence-electron chi connectivity index (χ3n) is 2.41. The van der Waals surface area contributed by atoms with E-state index in [2.05, 4.69) is 4.99 Å². The fourth-order valence-corrected chi connectivity index (χ4v) is 1.69. The number of aliphatic imine (C=N–C) groups is 1. The van der Waals surface area contributed by atoms with Gasteiger partial charge in [0.25, 0.3) is 6.02 Å². The van der Waals surface area contributed by atoms with Gasteiger partial charge in [0.15, 0.2) is 0 Å². The zero-order chi connectivity index (χ0) is 10.7. The molecule has 1 aliphatic rings. The molecule has 2 rings (SSSR count). The largest absolute Gasteiger partial charge is 0.463 e. The Labute approximate surface area is 93.9 Å². The maximum atomic E-state index is 5.80. The van der Waals surface area contributed by atoms with Gasteiger partial charge in [-0.15, -0.1) is 0 Å². The molecule has 3 nitrogen and oxygen atoms in total. The topological polar surface area (TPSA) is 47.6 Å². The summed E-state index contributed by atoms with van der Waals surface area (Å²) in [4.78, 5) is 4.17. The molecule has 0 bridgehead atoms. The summed E-state index contributed by atoms with van der Waals surface area (Å²) < 4.78 is 5.08. The highest BCUT2D eigenvalue weighted by Gasteiger charge is 2.15. The Morgan fingerprint density at radius 3 is 2.73 bits per heavy atom. The lowest BCUT2D eigenvalue weighted by atomic mass is 10.1. The molecule has 2 N–H and O–H groups in total. The molecule has 1 aromatic rings. The summed E-state index contributed by atoms with van der Waals surface area (Å²) in [6, 6.07) is 8.40. The first kappa shape index (κ1) is 10.3. The number of ether oxygens (including phenoxy) is 1. The number of nitrogens with two attached hydrogens (primary N) is 1. The Bertz CT molecular complexity index is 361. The highest BCUT2D eigenvalue weighted by molar-refractivity contribution is 6.30.